The van der Waals surface area contributed by atoms with Crippen LogP contribution in [-0.2, 0) is 6.54 Å². The highest BCUT2D eigenvalue weighted by atomic mass is 32.1. The Morgan fingerprint density at radius 1 is 1.57 bits per heavy atom. The molecule has 2 rings (SSSR count). The zero-order chi connectivity index (χ0) is 10.1. The zero-order valence-corrected chi connectivity index (χ0v) is 8.13. The maximum atomic E-state index is 11.7. The van der Waals surface area contributed by atoms with Gasteiger partial charge in [0.05, 0.1) is 5.52 Å². The van der Waals surface area contributed by atoms with Gasteiger partial charge in [-0.3, -0.25) is 9.36 Å². The molecule has 4 nitrogen and oxygen atoms in total. The summed E-state index contributed by atoms with van der Waals surface area (Å²) in [6.45, 7) is 3.73. The van der Waals surface area contributed by atoms with Gasteiger partial charge >= 0.3 is 5.69 Å². The SMILES string of the molecule is C=CCn1c(=O)[nH]c2ccsc2c1=O. The standard InChI is InChI=1S/C9H8N2O2S/c1-2-4-11-8(12)7-6(3-5-14-7)10-9(11)13/h2-3,5H,1,4H2,(H,10,13). The molecule has 2 heterocycles. The summed E-state index contributed by atoms with van der Waals surface area (Å²) >= 11 is 1.32. The lowest BCUT2D eigenvalue weighted by molar-refractivity contribution is 0.730. The molecule has 0 aliphatic rings. The fourth-order valence-electron chi connectivity index (χ4n) is 1.27. The summed E-state index contributed by atoms with van der Waals surface area (Å²) < 4.78 is 1.71. The largest absolute Gasteiger partial charge is 0.329 e. The predicted molar refractivity (Wildman–Crippen MR) is 56.9 cm³/mol. The minimum Gasteiger partial charge on any atom is -0.306 e. The number of hydrogen-bond acceptors (Lipinski definition) is 3. The fraction of sp³-hybridized carbons (Fsp3) is 0.111. The minimum absolute atomic E-state index is 0.238. The number of thiophene rings is 1. The van der Waals surface area contributed by atoms with Crippen LogP contribution < -0.4 is 11.2 Å². The number of nitrogens with one attached hydrogen (secondary N) is 1. The van der Waals surface area contributed by atoms with Gasteiger partial charge in [-0.15, -0.1) is 17.9 Å². The van der Waals surface area contributed by atoms with E-state index in [4.69, 9.17) is 0 Å². The molecule has 2 aromatic heterocycles. The molecule has 2 aromatic rings. The Morgan fingerprint density at radius 3 is 3.07 bits per heavy atom. The van der Waals surface area contributed by atoms with Crippen LogP contribution in [-0.4, -0.2) is 9.55 Å². The molecule has 0 bridgehead atoms. The van der Waals surface area contributed by atoms with Gasteiger partial charge in [-0.05, 0) is 11.4 Å². The number of nitrogens with zero attached hydrogens (tertiary/aromatic N) is 1. The number of hydrogen-bond donors (Lipinski definition) is 1. The number of aromatic nitrogens is 2. The highest BCUT2D eigenvalue weighted by Gasteiger charge is 2.06. The molecule has 0 fully saturated rings. The van der Waals surface area contributed by atoms with E-state index < -0.39 is 0 Å². The van der Waals surface area contributed by atoms with E-state index in [0.717, 1.165) is 4.57 Å². The Bertz CT molecular complexity index is 591. The van der Waals surface area contributed by atoms with E-state index in [9.17, 15) is 9.59 Å². The van der Waals surface area contributed by atoms with E-state index in [1.54, 1.807) is 11.4 Å². The van der Waals surface area contributed by atoms with E-state index >= 15 is 0 Å². The Hall–Kier alpha value is -1.62. The number of rotatable bonds is 2. The predicted octanol–water partition coefficient (Wildman–Crippen LogP) is 0.937. The van der Waals surface area contributed by atoms with E-state index in [1.165, 1.54) is 17.4 Å². The molecule has 1 N–H and O–H groups in total. The minimum atomic E-state index is -0.388. The third kappa shape index (κ3) is 1.22. The van der Waals surface area contributed by atoms with Crippen LogP contribution in [0.25, 0.3) is 10.2 Å². The van der Waals surface area contributed by atoms with Crippen molar-refractivity contribution in [3.63, 3.8) is 0 Å². The van der Waals surface area contributed by atoms with Crippen LogP contribution in [0.2, 0.25) is 0 Å². The second-order valence-corrected chi connectivity index (χ2v) is 3.71. The average Bonchev–Trinajstić information content (AvgIpc) is 2.60. The summed E-state index contributed by atoms with van der Waals surface area (Å²) in [5.74, 6) is 0. The van der Waals surface area contributed by atoms with Crippen molar-refractivity contribution >= 4 is 21.6 Å². The van der Waals surface area contributed by atoms with Gasteiger partial charge in [0.1, 0.15) is 4.70 Å². The molecule has 14 heavy (non-hydrogen) atoms. The van der Waals surface area contributed by atoms with Crippen molar-refractivity contribution in [3.05, 3.63) is 44.9 Å². The summed E-state index contributed by atoms with van der Waals surface area (Å²) in [7, 11) is 0. The van der Waals surface area contributed by atoms with Gasteiger partial charge in [-0.25, -0.2) is 4.79 Å². The van der Waals surface area contributed by atoms with Gasteiger partial charge in [0.25, 0.3) is 5.56 Å². The van der Waals surface area contributed by atoms with Crippen molar-refractivity contribution in [3.8, 4) is 0 Å². The van der Waals surface area contributed by atoms with E-state index in [0.29, 0.717) is 10.2 Å². The fourth-order valence-corrected chi connectivity index (χ4v) is 2.06. The summed E-state index contributed by atoms with van der Waals surface area (Å²) in [5.41, 5.74) is -0.0373. The zero-order valence-electron chi connectivity index (χ0n) is 7.32. The van der Waals surface area contributed by atoms with Crippen molar-refractivity contribution in [1.29, 1.82) is 0 Å². The first-order valence-electron chi connectivity index (χ1n) is 4.05. The number of aromatic amines is 1. The number of allylic oxidation sites excluding steroid dienone is 1. The van der Waals surface area contributed by atoms with Crippen LogP contribution in [0.4, 0.5) is 0 Å². The third-order valence-electron chi connectivity index (χ3n) is 1.90. The van der Waals surface area contributed by atoms with E-state index in [-0.39, 0.29) is 17.8 Å². The molecule has 0 aromatic carbocycles. The smallest absolute Gasteiger partial charge is 0.306 e. The second kappa shape index (κ2) is 3.26. The van der Waals surface area contributed by atoms with Gasteiger partial charge in [0.2, 0.25) is 0 Å². The monoisotopic (exact) mass is 208 g/mol. The van der Waals surface area contributed by atoms with E-state index in [1.807, 2.05) is 0 Å². The molecule has 0 amide bonds. The van der Waals surface area contributed by atoms with Crippen molar-refractivity contribution in [2.24, 2.45) is 0 Å². The molecular formula is C9H8N2O2S. The Morgan fingerprint density at radius 2 is 2.36 bits per heavy atom. The molecule has 0 saturated carbocycles. The Kier molecular flexibility index (Phi) is 2.09. The average molecular weight is 208 g/mol. The Balaban J connectivity index is 2.89. The highest BCUT2D eigenvalue weighted by molar-refractivity contribution is 7.17. The third-order valence-corrected chi connectivity index (χ3v) is 2.81. The summed E-state index contributed by atoms with van der Waals surface area (Å²) in [6.07, 6.45) is 1.52. The number of fused-ring (bicyclic) bond motifs is 1. The van der Waals surface area contributed by atoms with Crippen molar-refractivity contribution in [1.82, 2.24) is 9.55 Å². The van der Waals surface area contributed by atoms with Gasteiger partial charge in [0, 0.05) is 6.54 Å². The van der Waals surface area contributed by atoms with Crippen LogP contribution in [0.1, 0.15) is 0 Å². The summed E-state index contributed by atoms with van der Waals surface area (Å²) in [5, 5.41) is 1.78. The molecule has 0 unspecified atom stereocenters. The van der Waals surface area contributed by atoms with Crippen LogP contribution >= 0.6 is 11.3 Å². The molecule has 5 heteroatoms. The maximum Gasteiger partial charge on any atom is 0.329 e. The highest BCUT2D eigenvalue weighted by Crippen LogP contribution is 2.11. The molecular weight excluding hydrogens is 200 g/mol. The van der Waals surface area contributed by atoms with Gasteiger partial charge in [-0.2, -0.15) is 0 Å². The number of H-pyrrole nitrogens is 1. The summed E-state index contributed by atoms with van der Waals surface area (Å²) in [4.78, 5) is 25.7. The quantitative estimate of drug-likeness (QED) is 0.747. The lowest BCUT2D eigenvalue weighted by atomic mass is 10.4. The normalized spacial score (nSPS) is 10.6. The molecule has 0 saturated heterocycles. The van der Waals surface area contributed by atoms with Gasteiger partial charge < -0.3 is 4.98 Å². The van der Waals surface area contributed by atoms with Gasteiger partial charge in [-0.1, -0.05) is 6.08 Å². The topological polar surface area (TPSA) is 54.9 Å². The van der Waals surface area contributed by atoms with E-state index in [2.05, 4.69) is 11.6 Å². The molecule has 72 valence electrons. The van der Waals surface area contributed by atoms with Crippen molar-refractivity contribution in [2.45, 2.75) is 6.54 Å². The van der Waals surface area contributed by atoms with Crippen LogP contribution in [0.3, 0.4) is 0 Å². The maximum absolute atomic E-state index is 11.7. The van der Waals surface area contributed by atoms with Crippen LogP contribution in [0.15, 0.2) is 33.7 Å². The lowest BCUT2D eigenvalue weighted by Gasteiger charge is -1.99. The van der Waals surface area contributed by atoms with Crippen LogP contribution in [0, 0.1) is 0 Å². The molecule has 0 radical (unpaired) electrons. The van der Waals surface area contributed by atoms with Crippen molar-refractivity contribution in [2.75, 3.05) is 0 Å². The molecule has 0 spiro atoms. The second-order valence-electron chi connectivity index (χ2n) is 2.80. The molecule has 0 aliphatic heterocycles. The van der Waals surface area contributed by atoms with Crippen molar-refractivity contribution < 1.29 is 0 Å². The Labute approximate surface area is 83.1 Å². The van der Waals surface area contributed by atoms with Gasteiger partial charge in [0.15, 0.2) is 0 Å². The van der Waals surface area contributed by atoms with Crippen LogP contribution in [0.5, 0.6) is 0 Å². The first-order valence-corrected chi connectivity index (χ1v) is 4.93. The lowest BCUT2D eigenvalue weighted by Crippen LogP contribution is -2.33. The summed E-state index contributed by atoms with van der Waals surface area (Å²) in [6, 6.07) is 1.72. The molecule has 0 atom stereocenters. The molecule has 0 aliphatic carbocycles. The first kappa shape index (κ1) is 8.96. The first-order chi connectivity index (χ1) is 6.74.